The number of hydrogen-bond donors (Lipinski definition) is 2. The Balaban J connectivity index is 2.25. The molecule has 1 aromatic rings. The summed E-state index contributed by atoms with van der Waals surface area (Å²) in [6, 6.07) is 4.90. The van der Waals surface area contributed by atoms with Gasteiger partial charge in [-0.3, -0.25) is 4.99 Å². The van der Waals surface area contributed by atoms with Crippen molar-refractivity contribution in [2.75, 3.05) is 26.3 Å². The summed E-state index contributed by atoms with van der Waals surface area (Å²) in [6.45, 7) is 4.55. The first-order chi connectivity index (χ1) is 9.63. The number of nitrogens with two attached hydrogens (primary N) is 1. The lowest BCUT2D eigenvalue weighted by molar-refractivity contribution is 0.146. The van der Waals surface area contributed by atoms with Gasteiger partial charge in [0.15, 0.2) is 5.96 Å². The van der Waals surface area contributed by atoms with Crippen LogP contribution in [-0.2, 0) is 11.2 Å². The maximum absolute atomic E-state index is 13.5. The highest BCUT2D eigenvalue weighted by molar-refractivity contribution is 9.10. The summed E-state index contributed by atoms with van der Waals surface area (Å²) in [5.74, 6) is 0.180. The molecule has 1 rings (SSSR count). The molecule has 0 aliphatic heterocycles. The maximum Gasteiger partial charge on any atom is 0.188 e. The summed E-state index contributed by atoms with van der Waals surface area (Å²) in [7, 11) is 0. The van der Waals surface area contributed by atoms with Gasteiger partial charge in [-0.15, -0.1) is 0 Å². The van der Waals surface area contributed by atoms with Crippen LogP contribution in [0, 0.1) is 5.82 Å². The van der Waals surface area contributed by atoms with E-state index in [-0.39, 0.29) is 5.82 Å². The summed E-state index contributed by atoms with van der Waals surface area (Å²) in [5, 5.41) is 2.97. The summed E-state index contributed by atoms with van der Waals surface area (Å²) in [4.78, 5) is 4.17. The monoisotopic (exact) mass is 345 g/mol. The normalized spacial score (nSPS) is 11.7. The van der Waals surface area contributed by atoms with Gasteiger partial charge in [0.1, 0.15) is 5.82 Å². The van der Waals surface area contributed by atoms with Crippen molar-refractivity contribution in [3.05, 3.63) is 34.1 Å². The summed E-state index contributed by atoms with van der Waals surface area (Å²) in [6.07, 6.45) is 1.40. The van der Waals surface area contributed by atoms with E-state index in [1.807, 2.05) is 6.92 Å². The van der Waals surface area contributed by atoms with Crippen LogP contribution in [0.3, 0.4) is 0 Å². The average Bonchev–Trinajstić information content (AvgIpc) is 2.42. The number of rotatable bonds is 8. The topological polar surface area (TPSA) is 59.6 Å². The lowest BCUT2D eigenvalue weighted by Gasteiger charge is -2.07. The van der Waals surface area contributed by atoms with Crippen LogP contribution < -0.4 is 11.1 Å². The standard InChI is InChI=1S/C14H21BrFN3O/c1-2-20-9-3-7-18-14(17)19-8-6-11-10-12(15)4-5-13(11)16/h4-5,10H,2-3,6-9H2,1H3,(H3,17,18,19). The maximum atomic E-state index is 13.5. The van der Waals surface area contributed by atoms with Crippen molar-refractivity contribution in [3.8, 4) is 0 Å². The largest absolute Gasteiger partial charge is 0.382 e. The Bertz CT molecular complexity index is 440. The zero-order valence-electron chi connectivity index (χ0n) is 11.7. The van der Waals surface area contributed by atoms with E-state index in [0.717, 1.165) is 17.5 Å². The number of hydrogen-bond acceptors (Lipinski definition) is 2. The van der Waals surface area contributed by atoms with Crippen molar-refractivity contribution in [3.63, 3.8) is 0 Å². The molecule has 0 heterocycles. The Morgan fingerprint density at radius 1 is 1.50 bits per heavy atom. The fraction of sp³-hybridized carbons (Fsp3) is 0.500. The third kappa shape index (κ3) is 6.86. The molecule has 20 heavy (non-hydrogen) atoms. The highest BCUT2D eigenvalue weighted by Gasteiger charge is 2.02. The molecule has 0 saturated carbocycles. The van der Waals surface area contributed by atoms with Crippen LogP contribution in [0.5, 0.6) is 0 Å². The fourth-order valence-corrected chi connectivity index (χ4v) is 2.03. The quantitative estimate of drug-likeness (QED) is 0.432. The predicted molar refractivity (Wildman–Crippen MR) is 83.4 cm³/mol. The van der Waals surface area contributed by atoms with Crippen molar-refractivity contribution in [2.45, 2.75) is 19.8 Å². The molecule has 0 aliphatic carbocycles. The first-order valence-corrected chi connectivity index (χ1v) is 7.48. The molecule has 0 unspecified atom stereocenters. The molecule has 0 bridgehead atoms. The van der Waals surface area contributed by atoms with Gasteiger partial charge in [0.25, 0.3) is 0 Å². The van der Waals surface area contributed by atoms with Crippen LogP contribution in [0.15, 0.2) is 27.7 Å². The molecule has 0 amide bonds. The Morgan fingerprint density at radius 2 is 2.30 bits per heavy atom. The number of nitrogens with zero attached hydrogens (tertiary/aromatic N) is 1. The van der Waals surface area contributed by atoms with Crippen LogP contribution in [0.4, 0.5) is 4.39 Å². The van der Waals surface area contributed by atoms with E-state index in [9.17, 15) is 4.39 Å². The van der Waals surface area contributed by atoms with Gasteiger partial charge in [0.2, 0.25) is 0 Å². The van der Waals surface area contributed by atoms with Gasteiger partial charge in [0, 0.05) is 30.8 Å². The van der Waals surface area contributed by atoms with E-state index >= 15 is 0 Å². The molecule has 0 saturated heterocycles. The highest BCUT2D eigenvalue weighted by atomic mass is 79.9. The van der Waals surface area contributed by atoms with Gasteiger partial charge in [0.05, 0.1) is 0 Å². The van der Waals surface area contributed by atoms with Crippen molar-refractivity contribution in [2.24, 2.45) is 10.7 Å². The Morgan fingerprint density at radius 3 is 3.05 bits per heavy atom. The van der Waals surface area contributed by atoms with E-state index in [4.69, 9.17) is 10.5 Å². The SMILES string of the molecule is CCOCCCN=C(N)NCCc1cc(Br)ccc1F. The molecule has 0 spiro atoms. The second-order valence-corrected chi connectivity index (χ2v) is 5.15. The van der Waals surface area contributed by atoms with Crippen LogP contribution in [0.25, 0.3) is 0 Å². The second kappa shape index (κ2) is 9.72. The Kier molecular flexibility index (Phi) is 8.22. The Hall–Kier alpha value is -1.14. The van der Waals surface area contributed by atoms with Crippen LogP contribution in [0.1, 0.15) is 18.9 Å². The van der Waals surface area contributed by atoms with Crippen LogP contribution in [-0.4, -0.2) is 32.3 Å². The zero-order chi connectivity index (χ0) is 14.8. The van der Waals surface area contributed by atoms with Crippen LogP contribution in [0.2, 0.25) is 0 Å². The first-order valence-electron chi connectivity index (χ1n) is 6.69. The molecular weight excluding hydrogens is 325 g/mol. The minimum absolute atomic E-state index is 0.206. The molecule has 0 aromatic heterocycles. The predicted octanol–water partition coefficient (Wildman–Crippen LogP) is 2.46. The highest BCUT2D eigenvalue weighted by Crippen LogP contribution is 2.15. The van der Waals surface area contributed by atoms with Gasteiger partial charge in [-0.05, 0) is 43.5 Å². The smallest absolute Gasteiger partial charge is 0.188 e. The number of halogens is 2. The molecule has 112 valence electrons. The van der Waals surface area contributed by atoms with Crippen LogP contribution >= 0.6 is 15.9 Å². The number of ether oxygens (including phenoxy) is 1. The number of aliphatic imine (C=N–C) groups is 1. The third-order valence-electron chi connectivity index (χ3n) is 2.64. The van der Waals surface area contributed by atoms with Gasteiger partial charge in [-0.1, -0.05) is 15.9 Å². The summed E-state index contributed by atoms with van der Waals surface area (Å²) < 4.78 is 19.6. The van der Waals surface area contributed by atoms with Gasteiger partial charge in [-0.25, -0.2) is 4.39 Å². The van der Waals surface area contributed by atoms with Gasteiger partial charge < -0.3 is 15.8 Å². The molecular formula is C14H21BrFN3O. The number of nitrogens with one attached hydrogen (secondary N) is 1. The fourth-order valence-electron chi connectivity index (χ4n) is 1.63. The minimum Gasteiger partial charge on any atom is -0.382 e. The lowest BCUT2D eigenvalue weighted by Crippen LogP contribution is -2.33. The van der Waals surface area contributed by atoms with E-state index in [1.54, 1.807) is 12.1 Å². The van der Waals surface area contributed by atoms with Gasteiger partial charge in [-0.2, -0.15) is 0 Å². The molecule has 1 aromatic carbocycles. The number of guanidine groups is 1. The number of benzene rings is 1. The van der Waals surface area contributed by atoms with Crippen molar-refractivity contribution >= 4 is 21.9 Å². The minimum atomic E-state index is -0.206. The van der Waals surface area contributed by atoms with Gasteiger partial charge >= 0.3 is 0 Å². The summed E-state index contributed by atoms with van der Waals surface area (Å²) in [5.41, 5.74) is 6.36. The zero-order valence-corrected chi connectivity index (χ0v) is 13.2. The summed E-state index contributed by atoms with van der Waals surface area (Å²) >= 11 is 3.32. The van der Waals surface area contributed by atoms with Crippen molar-refractivity contribution in [1.82, 2.24) is 5.32 Å². The first kappa shape index (κ1) is 16.9. The van der Waals surface area contributed by atoms with E-state index in [2.05, 4.69) is 26.2 Å². The third-order valence-corrected chi connectivity index (χ3v) is 3.13. The molecule has 0 radical (unpaired) electrons. The lowest BCUT2D eigenvalue weighted by atomic mass is 10.1. The second-order valence-electron chi connectivity index (χ2n) is 4.23. The van der Waals surface area contributed by atoms with E-state index in [0.29, 0.717) is 37.6 Å². The van der Waals surface area contributed by atoms with Crippen molar-refractivity contribution in [1.29, 1.82) is 0 Å². The molecule has 0 atom stereocenters. The molecule has 0 aliphatic rings. The molecule has 3 N–H and O–H groups in total. The molecule has 0 fully saturated rings. The average molecular weight is 346 g/mol. The Labute approximate surface area is 127 Å². The molecule has 6 heteroatoms. The molecule has 4 nitrogen and oxygen atoms in total. The van der Waals surface area contributed by atoms with E-state index < -0.39 is 0 Å². The van der Waals surface area contributed by atoms with Crippen molar-refractivity contribution < 1.29 is 9.13 Å². The van der Waals surface area contributed by atoms with E-state index in [1.165, 1.54) is 6.07 Å².